The quantitative estimate of drug-likeness (QED) is 0.183. The number of allylic oxidation sites excluding steroid dienone is 5. The molecule has 0 bridgehead atoms. The lowest BCUT2D eigenvalue weighted by atomic mass is 10.0. The summed E-state index contributed by atoms with van der Waals surface area (Å²) in [7, 11) is 0. The molecule has 0 spiro atoms. The Hall–Kier alpha value is -5.13. The van der Waals surface area contributed by atoms with E-state index in [-0.39, 0.29) is 11.2 Å². The minimum Gasteiger partial charge on any atom is -0.508 e. The zero-order chi connectivity index (χ0) is 35.9. The van der Waals surface area contributed by atoms with Crippen LogP contribution in [0.5, 0.6) is 5.75 Å². The molecule has 0 atom stereocenters. The number of aryl methyl sites for hydroxylation is 6. The monoisotopic (exact) mass is 688 g/mol. The Morgan fingerprint density at radius 2 is 1.39 bits per heavy atom. The van der Waals surface area contributed by atoms with E-state index in [9.17, 15) is 9.90 Å². The molecule has 1 aliphatic carbocycles. The number of benzene rings is 4. The van der Waals surface area contributed by atoms with E-state index in [0.717, 1.165) is 66.5 Å². The van der Waals surface area contributed by atoms with Gasteiger partial charge in [-0.3, -0.25) is 4.79 Å². The van der Waals surface area contributed by atoms with E-state index in [2.05, 4.69) is 125 Å². The third-order valence-electron chi connectivity index (χ3n) is 10.6. The highest BCUT2D eigenvalue weighted by molar-refractivity contribution is 7.18. The highest BCUT2D eigenvalue weighted by Crippen LogP contribution is 2.39. The van der Waals surface area contributed by atoms with Crippen LogP contribution in [0.25, 0.3) is 54.6 Å². The largest absolute Gasteiger partial charge is 0.508 e. The molecule has 0 fully saturated rings. The van der Waals surface area contributed by atoms with Gasteiger partial charge in [0.05, 0.1) is 16.6 Å². The molecule has 0 saturated heterocycles. The van der Waals surface area contributed by atoms with Gasteiger partial charge < -0.3 is 14.2 Å². The number of phenols is 1. The molecule has 51 heavy (non-hydrogen) atoms. The summed E-state index contributed by atoms with van der Waals surface area (Å²) in [6.45, 7) is 18.0. The second-order valence-corrected chi connectivity index (χ2v) is 16.1. The molecule has 0 saturated carbocycles. The van der Waals surface area contributed by atoms with Gasteiger partial charge in [-0.2, -0.15) is 0 Å². The van der Waals surface area contributed by atoms with Crippen LogP contribution in [-0.2, 0) is 19.4 Å². The Morgan fingerprint density at radius 3 is 2.14 bits per heavy atom. The summed E-state index contributed by atoms with van der Waals surface area (Å²) < 4.78 is 5.77. The minimum atomic E-state index is 0.112. The average molecular weight is 689 g/mol. The van der Waals surface area contributed by atoms with Crippen molar-refractivity contribution in [2.24, 2.45) is 0 Å². The molecule has 7 aromatic rings. The van der Waals surface area contributed by atoms with Gasteiger partial charge in [-0.15, -0.1) is 11.3 Å². The first-order valence-electron chi connectivity index (χ1n) is 17.8. The number of aromatic hydroxyl groups is 1. The van der Waals surface area contributed by atoms with Crippen LogP contribution >= 0.6 is 11.3 Å². The van der Waals surface area contributed by atoms with Gasteiger partial charge >= 0.3 is 0 Å². The van der Waals surface area contributed by atoms with Crippen molar-refractivity contribution in [2.75, 3.05) is 0 Å². The molecule has 1 aliphatic rings. The topological polar surface area (TPSA) is 47.2 Å². The molecule has 1 N–H and O–H groups in total. The summed E-state index contributed by atoms with van der Waals surface area (Å²) in [6, 6.07) is 19.0. The van der Waals surface area contributed by atoms with Crippen LogP contribution in [0, 0.1) is 41.5 Å². The standard InChI is InChI=1S/C46H44N2O2S/c1-25-15-26(2)21-41-37(18-25)38-19-27(3)16-29(5)43(38)47(41)14-10-9-11-35-32(8)51-42-23-33(12-13-36(42)46(35)50)48-44-30(6)17-28(4)20-39(44)40-24-34(49)22-31(7)45(40)48/h9-10,12-13,15-20,22-24,49H,11,14,21H2,1-8H3/b10-9-. The van der Waals surface area contributed by atoms with Crippen LogP contribution in [0.15, 0.2) is 88.8 Å². The second kappa shape index (κ2) is 12.3. The smallest absolute Gasteiger partial charge is 0.191 e. The van der Waals surface area contributed by atoms with Crippen LogP contribution in [-0.4, -0.2) is 14.2 Å². The lowest BCUT2D eigenvalue weighted by Gasteiger charge is -2.13. The summed E-state index contributed by atoms with van der Waals surface area (Å²) in [4.78, 5) is 15.1. The number of hydrogen-bond acceptors (Lipinski definition) is 3. The summed E-state index contributed by atoms with van der Waals surface area (Å²) >= 11 is 1.70. The molecule has 8 rings (SSSR count). The van der Waals surface area contributed by atoms with Crippen LogP contribution in [0.3, 0.4) is 0 Å². The Balaban J connectivity index is 1.16. The molecule has 5 heteroatoms. The first kappa shape index (κ1) is 33.0. The van der Waals surface area contributed by atoms with Crippen molar-refractivity contribution in [1.82, 2.24) is 9.13 Å². The molecule has 3 heterocycles. The van der Waals surface area contributed by atoms with E-state index in [4.69, 9.17) is 0 Å². The predicted molar refractivity (Wildman–Crippen MR) is 218 cm³/mol. The summed E-state index contributed by atoms with van der Waals surface area (Å²) in [5.74, 6) is 0.272. The highest BCUT2D eigenvalue weighted by atomic mass is 32.1. The van der Waals surface area contributed by atoms with E-state index in [1.807, 2.05) is 18.2 Å². The van der Waals surface area contributed by atoms with E-state index in [1.165, 1.54) is 55.6 Å². The van der Waals surface area contributed by atoms with E-state index < -0.39 is 0 Å². The van der Waals surface area contributed by atoms with Crippen molar-refractivity contribution >= 4 is 60.2 Å². The Labute approximate surface area is 303 Å². The fourth-order valence-electron chi connectivity index (χ4n) is 8.67. The molecule has 256 valence electrons. The van der Waals surface area contributed by atoms with Crippen molar-refractivity contribution in [2.45, 2.75) is 74.8 Å². The molecule has 0 aliphatic heterocycles. The fourth-order valence-corrected chi connectivity index (χ4v) is 9.75. The van der Waals surface area contributed by atoms with E-state index in [0.29, 0.717) is 6.42 Å². The summed E-state index contributed by atoms with van der Waals surface area (Å²) in [5.41, 5.74) is 16.8. The molecule has 3 aromatic heterocycles. The lowest BCUT2D eigenvalue weighted by Crippen LogP contribution is -2.10. The zero-order valence-electron chi connectivity index (χ0n) is 30.8. The Morgan fingerprint density at radius 1 is 0.725 bits per heavy atom. The van der Waals surface area contributed by atoms with Crippen molar-refractivity contribution in [3.8, 4) is 11.4 Å². The third-order valence-corrected chi connectivity index (χ3v) is 11.7. The van der Waals surface area contributed by atoms with Crippen LogP contribution in [0.2, 0.25) is 0 Å². The number of aromatic nitrogens is 2. The van der Waals surface area contributed by atoms with Crippen LogP contribution in [0.1, 0.15) is 63.4 Å². The average Bonchev–Trinajstić information content (AvgIpc) is 3.46. The first-order chi connectivity index (χ1) is 24.4. The minimum absolute atomic E-state index is 0.112. The summed E-state index contributed by atoms with van der Waals surface area (Å²) in [5, 5.41) is 14.8. The van der Waals surface area contributed by atoms with Gasteiger partial charge in [0.2, 0.25) is 0 Å². The molecule has 0 amide bonds. The third kappa shape index (κ3) is 5.46. The van der Waals surface area contributed by atoms with Gasteiger partial charge in [-0.05, 0) is 127 Å². The zero-order valence-corrected chi connectivity index (χ0v) is 31.6. The Kier molecular flexibility index (Phi) is 7.95. The normalized spacial score (nSPS) is 13.5. The molecule has 4 nitrogen and oxygen atoms in total. The number of phenolic OH excluding ortho intramolecular Hbond substituents is 1. The van der Waals surface area contributed by atoms with E-state index >= 15 is 0 Å². The number of rotatable bonds is 5. The van der Waals surface area contributed by atoms with Crippen molar-refractivity contribution in [1.29, 1.82) is 0 Å². The maximum Gasteiger partial charge on any atom is 0.191 e. The molecular weight excluding hydrogens is 645 g/mol. The molecule has 4 aromatic carbocycles. The first-order valence-corrected chi connectivity index (χ1v) is 18.7. The molecule has 0 radical (unpaired) electrons. The SMILES string of the molecule is CC1=Cc2c(n(C/C=C\Cc3c(C)sc4cc(-n5c6c(C)cc(C)cc6c6cc(O)cc(C)c65)ccc4c3=O)c3c(C)cc(C)cc23)CC(C)=C1. The van der Waals surface area contributed by atoms with Gasteiger partial charge in [-0.25, -0.2) is 0 Å². The van der Waals surface area contributed by atoms with Crippen molar-refractivity contribution in [3.05, 3.63) is 144 Å². The van der Waals surface area contributed by atoms with Gasteiger partial charge in [0.15, 0.2) is 5.43 Å². The maximum absolute atomic E-state index is 14.0. The predicted octanol–water partition coefficient (Wildman–Crippen LogP) is 11.6. The maximum atomic E-state index is 14.0. The highest BCUT2D eigenvalue weighted by Gasteiger charge is 2.21. The molecular formula is C46H44N2O2S. The Bertz CT molecular complexity index is 2710. The molecule has 0 unspecified atom stereocenters. The van der Waals surface area contributed by atoms with Crippen molar-refractivity contribution in [3.63, 3.8) is 0 Å². The van der Waals surface area contributed by atoms with Gasteiger partial charge in [0.1, 0.15) is 5.75 Å². The van der Waals surface area contributed by atoms with E-state index in [1.54, 1.807) is 11.3 Å². The van der Waals surface area contributed by atoms with Gasteiger partial charge in [-0.1, -0.05) is 52.6 Å². The summed E-state index contributed by atoms with van der Waals surface area (Å²) in [6.07, 6.45) is 10.6. The van der Waals surface area contributed by atoms with Crippen LogP contribution in [0.4, 0.5) is 0 Å². The van der Waals surface area contributed by atoms with Gasteiger partial charge in [0, 0.05) is 66.6 Å². The number of hydrogen-bond donors (Lipinski definition) is 1. The number of fused-ring (bicyclic) bond motifs is 7. The fraction of sp³-hybridized carbons (Fsp3) is 0.239. The van der Waals surface area contributed by atoms with Gasteiger partial charge in [0.25, 0.3) is 0 Å². The number of nitrogens with zero attached hydrogens (tertiary/aromatic N) is 2. The lowest BCUT2D eigenvalue weighted by molar-refractivity contribution is 0.476. The second-order valence-electron chi connectivity index (χ2n) is 14.8. The van der Waals surface area contributed by atoms with Crippen molar-refractivity contribution < 1.29 is 5.11 Å². The van der Waals surface area contributed by atoms with Crippen LogP contribution < -0.4 is 5.43 Å².